The van der Waals surface area contributed by atoms with Crippen molar-refractivity contribution in [3.63, 3.8) is 0 Å². The quantitative estimate of drug-likeness (QED) is 0.890. The Kier molecular flexibility index (Phi) is 3.13. The second-order valence-electron chi connectivity index (χ2n) is 3.85. The van der Waals surface area contributed by atoms with E-state index in [2.05, 4.69) is 21.2 Å². The lowest BCUT2D eigenvalue weighted by atomic mass is 10.1. The van der Waals surface area contributed by atoms with Crippen molar-refractivity contribution in [2.24, 2.45) is 5.41 Å². The molecule has 0 atom stereocenters. The average molecular weight is 290 g/mol. The molecule has 2 N–H and O–H groups in total. The highest BCUT2D eigenvalue weighted by Gasteiger charge is 2.49. The lowest BCUT2D eigenvalue weighted by Crippen LogP contribution is -2.33. The molecule has 1 amide bonds. The highest BCUT2D eigenvalue weighted by molar-refractivity contribution is 9.10. The second-order valence-corrected chi connectivity index (χ2v) is 5.76. The van der Waals surface area contributed by atoms with Gasteiger partial charge in [0.25, 0.3) is 0 Å². The van der Waals surface area contributed by atoms with Gasteiger partial charge in [-0.05, 0) is 34.8 Å². The van der Waals surface area contributed by atoms with E-state index in [1.807, 2.05) is 11.4 Å². The van der Waals surface area contributed by atoms with Crippen molar-refractivity contribution in [2.45, 2.75) is 19.4 Å². The molecule has 1 aliphatic carbocycles. The van der Waals surface area contributed by atoms with Crippen LogP contribution >= 0.6 is 27.3 Å². The smallest absolute Gasteiger partial charge is 0.228 e. The van der Waals surface area contributed by atoms with Gasteiger partial charge in [-0.25, -0.2) is 0 Å². The second kappa shape index (κ2) is 4.23. The normalized spacial score (nSPS) is 17.5. The van der Waals surface area contributed by atoms with Crippen molar-refractivity contribution in [3.05, 3.63) is 20.8 Å². The molecule has 0 spiro atoms. The van der Waals surface area contributed by atoms with E-state index in [1.165, 1.54) is 0 Å². The van der Waals surface area contributed by atoms with Gasteiger partial charge >= 0.3 is 0 Å². The van der Waals surface area contributed by atoms with Crippen molar-refractivity contribution in [3.8, 4) is 0 Å². The van der Waals surface area contributed by atoms with Gasteiger partial charge in [0.1, 0.15) is 0 Å². The van der Waals surface area contributed by atoms with Crippen molar-refractivity contribution < 1.29 is 9.90 Å². The first-order chi connectivity index (χ1) is 7.16. The molecule has 82 valence electrons. The number of hydrogen-bond acceptors (Lipinski definition) is 3. The fourth-order valence-corrected chi connectivity index (χ4v) is 2.80. The Labute approximate surface area is 101 Å². The average Bonchev–Trinajstić information content (AvgIpc) is 2.93. The van der Waals surface area contributed by atoms with E-state index in [9.17, 15) is 4.79 Å². The van der Waals surface area contributed by atoms with Gasteiger partial charge in [0, 0.05) is 14.7 Å². The number of hydrogen-bond donors (Lipinski definition) is 2. The predicted octanol–water partition coefficient (Wildman–Crippen LogP) is 1.90. The zero-order valence-corrected chi connectivity index (χ0v) is 10.5. The van der Waals surface area contributed by atoms with Crippen LogP contribution in [-0.4, -0.2) is 17.6 Å². The summed E-state index contributed by atoms with van der Waals surface area (Å²) in [6, 6.07) is 1.99. The lowest BCUT2D eigenvalue weighted by Gasteiger charge is -2.11. The summed E-state index contributed by atoms with van der Waals surface area (Å²) in [4.78, 5) is 12.8. The number of halogens is 1. The summed E-state index contributed by atoms with van der Waals surface area (Å²) in [6.45, 7) is 0.518. The van der Waals surface area contributed by atoms with Gasteiger partial charge in [0.15, 0.2) is 0 Å². The standard InChI is InChI=1S/C10H12BrNO2S/c11-7-3-8(15-5-7)4-12-9(14)10(6-13)1-2-10/h3,5,13H,1-2,4,6H2,(H,12,14). The van der Waals surface area contributed by atoms with Crippen LogP contribution in [0.1, 0.15) is 17.7 Å². The van der Waals surface area contributed by atoms with Gasteiger partial charge in [-0.1, -0.05) is 0 Å². The largest absolute Gasteiger partial charge is 0.395 e. The Morgan fingerprint density at radius 2 is 2.40 bits per heavy atom. The maximum Gasteiger partial charge on any atom is 0.228 e. The first-order valence-corrected chi connectivity index (χ1v) is 6.46. The number of carbonyl (C=O) groups is 1. The van der Waals surface area contributed by atoms with E-state index in [4.69, 9.17) is 5.11 Å². The first-order valence-electron chi connectivity index (χ1n) is 4.78. The molecule has 1 heterocycles. The zero-order valence-electron chi connectivity index (χ0n) is 8.12. The van der Waals surface area contributed by atoms with Crippen LogP contribution < -0.4 is 5.32 Å². The number of aliphatic hydroxyl groups excluding tert-OH is 1. The number of carbonyl (C=O) groups excluding carboxylic acids is 1. The maximum atomic E-state index is 11.7. The fourth-order valence-electron chi connectivity index (χ4n) is 1.41. The van der Waals surface area contributed by atoms with E-state index >= 15 is 0 Å². The van der Waals surface area contributed by atoms with Gasteiger partial charge in [-0.3, -0.25) is 4.79 Å². The molecular weight excluding hydrogens is 278 g/mol. The third-order valence-corrected chi connectivity index (χ3v) is 4.38. The summed E-state index contributed by atoms with van der Waals surface area (Å²) in [5.74, 6) is -0.0190. The Morgan fingerprint density at radius 1 is 1.67 bits per heavy atom. The van der Waals surface area contributed by atoms with Crippen LogP contribution in [0.5, 0.6) is 0 Å². The van der Waals surface area contributed by atoms with Gasteiger partial charge < -0.3 is 10.4 Å². The molecule has 1 aromatic heterocycles. The predicted molar refractivity (Wildman–Crippen MR) is 62.6 cm³/mol. The molecule has 5 heteroatoms. The highest BCUT2D eigenvalue weighted by atomic mass is 79.9. The minimum Gasteiger partial charge on any atom is -0.395 e. The molecule has 3 nitrogen and oxygen atoms in total. The van der Waals surface area contributed by atoms with Crippen LogP contribution in [0.15, 0.2) is 15.9 Å². The summed E-state index contributed by atoms with van der Waals surface area (Å²) in [7, 11) is 0. The molecule has 1 fully saturated rings. The van der Waals surface area contributed by atoms with E-state index in [0.29, 0.717) is 6.54 Å². The third-order valence-electron chi connectivity index (χ3n) is 2.68. The highest BCUT2D eigenvalue weighted by Crippen LogP contribution is 2.45. The molecule has 0 unspecified atom stereocenters. The summed E-state index contributed by atoms with van der Waals surface area (Å²) >= 11 is 4.97. The molecule has 0 saturated heterocycles. The van der Waals surface area contributed by atoms with Crippen molar-refractivity contribution in [2.75, 3.05) is 6.61 Å². The van der Waals surface area contributed by atoms with E-state index < -0.39 is 5.41 Å². The first kappa shape index (κ1) is 11.1. The topological polar surface area (TPSA) is 49.3 Å². The number of thiophene rings is 1. The third kappa shape index (κ3) is 2.41. The van der Waals surface area contributed by atoms with Crippen LogP contribution in [0.25, 0.3) is 0 Å². The van der Waals surface area contributed by atoms with Gasteiger partial charge in [0.05, 0.1) is 18.6 Å². The van der Waals surface area contributed by atoms with Crippen molar-refractivity contribution >= 4 is 33.2 Å². The molecule has 0 aromatic carbocycles. The SMILES string of the molecule is O=C(NCc1cc(Br)cs1)C1(CO)CC1. The summed E-state index contributed by atoms with van der Waals surface area (Å²) in [5, 5.41) is 13.9. The molecule has 15 heavy (non-hydrogen) atoms. The monoisotopic (exact) mass is 289 g/mol. The fraction of sp³-hybridized carbons (Fsp3) is 0.500. The van der Waals surface area contributed by atoms with Crippen molar-refractivity contribution in [1.82, 2.24) is 5.32 Å². The molecule has 1 aromatic rings. The molecule has 0 radical (unpaired) electrons. The minimum atomic E-state index is -0.464. The molecule has 2 rings (SSSR count). The van der Waals surface area contributed by atoms with Crippen molar-refractivity contribution in [1.29, 1.82) is 0 Å². The van der Waals surface area contributed by atoms with E-state index in [0.717, 1.165) is 22.2 Å². The Balaban J connectivity index is 1.86. The summed E-state index contributed by atoms with van der Waals surface area (Å²) in [6.07, 6.45) is 1.62. The summed E-state index contributed by atoms with van der Waals surface area (Å²) in [5.41, 5.74) is -0.464. The number of nitrogens with one attached hydrogen (secondary N) is 1. The Hall–Kier alpha value is -0.390. The summed E-state index contributed by atoms with van der Waals surface area (Å²) < 4.78 is 1.04. The van der Waals surface area contributed by atoms with Gasteiger partial charge in [-0.15, -0.1) is 11.3 Å². The molecule has 0 aliphatic heterocycles. The molecular formula is C10H12BrNO2S. The van der Waals surface area contributed by atoms with Crippen LogP contribution in [0, 0.1) is 5.41 Å². The number of amides is 1. The lowest BCUT2D eigenvalue weighted by molar-refractivity contribution is -0.127. The van der Waals surface area contributed by atoms with Crippen LogP contribution in [-0.2, 0) is 11.3 Å². The Bertz CT molecular complexity index is 373. The number of rotatable bonds is 4. The van der Waals surface area contributed by atoms with Gasteiger partial charge in [-0.2, -0.15) is 0 Å². The molecule has 0 bridgehead atoms. The van der Waals surface area contributed by atoms with Gasteiger partial charge in [0.2, 0.25) is 5.91 Å². The van der Waals surface area contributed by atoms with Crippen LogP contribution in [0.4, 0.5) is 0 Å². The number of aliphatic hydroxyl groups is 1. The van der Waals surface area contributed by atoms with E-state index in [-0.39, 0.29) is 12.5 Å². The minimum absolute atomic E-state index is 0.0190. The molecule has 1 aliphatic rings. The molecule has 1 saturated carbocycles. The maximum absolute atomic E-state index is 11.7. The van der Waals surface area contributed by atoms with E-state index in [1.54, 1.807) is 11.3 Å². The van der Waals surface area contributed by atoms with Crippen LogP contribution in [0.3, 0.4) is 0 Å². The zero-order chi connectivity index (χ0) is 10.9. The Morgan fingerprint density at radius 3 is 2.87 bits per heavy atom. The van der Waals surface area contributed by atoms with Crippen LogP contribution in [0.2, 0.25) is 0 Å².